The summed E-state index contributed by atoms with van der Waals surface area (Å²) in [6, 6.07) is 6.29. The van der Waals surface area contributed by atoms with Crippen molar-refractivity contribution in [1.82, 2.24) is 15.1 Å². The van der Waals surface area contributed by atoms with E-state index in [1.807, 2.05) is 35.0 Å². The molecule has 1 atom stereocenters. The fourth-order valence-electron chi connectivity index (χ4n) is 4.10. The largest absolute Gasteiger partial charge is 0.493 e. The highest BCUT2D eigenvalue weighted by Gasteiger charge is 2.37. The number of nitrogens with one attached hydrogen (secondary N) is 1. The molecular formula is C21H31N3O4. The maximum atomic E-state index is 12.8. The number of ether oxygens (including phenoxy) is 2. The first-order valence-corrected chi connectivity index (χ1v) is 10.0. The maximum absolute atomic E-state index is 12.8. The molecule has 7 nitrogen and oxygen atoms in total. The lowest BCUT2D eigenvalue weighted by atomic mass is 10.0. The molecule has 0 aromatic heterocycles. The third kappa shape index (κ3) is 4.58. The number of hydrogen-bond acceptors (Lipinski definition) is 5. The molecule has 2 amide bonds. The van der Waals surface area contributed by atoms with E-state index in [0.29, 0.717) is 37.1 Å². The first-order chi connectivity index (χ1) is 13.5. The molecule has 1 aromatic carbocycles. The molecule has 0 aliphatic carbocycles. The fraction of sp³-hybridized carbons (Fsp3) is 0.619. The number of benzene rings is 1. The lowest BCUT2D eigenvalue weighted by molar-refractivity contribution is -0.136. The third-order valence-corrected chi connectivity index (χ3v) is 5.90. The molecule has 0 radical (unpaired) electrons. The van der Waals surface area contributed by atoms with Gasteiger partial charge in [0.05, 0.1) is 20.1 Å². The van der Waals surface area contributed by atoms with Crippen molar-refractivity contribution >= 4 is 11.8 Å². The van der Waals surface area contributed by atoms with E-state index >= 15 is 0 Å². The van der Waals surface area contributed by atoms with Crippen molar-refractivity contribution in [3.05, 3.63) is 23.8 Å². The van der Waals surface area contributed by atoms with E-state index in [1.165, 1.54) is 0 Å². The lowest BCUT2D eigenvalue weighted by Crippen LogP contribution is -2.46. The van der Waals surface area contributed by atoms with Gasteiger partial charge >= 0.3 is 0 Å². The summed E-state index contributed by atoms with van der Waals surface area (Å²) in [5.41, 5.74) is 1.08. The van der Waals surface area contributed by atoms with Gasteiger partial charge in [0.25, 0.3) is 0 Å². The molecule has 0 bridgehead atoms. The smallest absolute Gasteiger partial charge is 0.227 e. The number of nitrogens with zero attached hydrogens (tertiary/aromatic N) is 2. The minimum absolute atomic E-state index is 0.0731. The van der Waals surface area contributed by atoms with Crippen molar-refractivity contribution in [1.29, 1.82) is 0 Å². The second-order valence-corrected chi connectivity index (χ2v) is 7.57. The van der Waals surface area contributed by atoms with Crippen LogP contribution in [0.15, 0.2) is 18.2 Å². The molecular weight excluding hydrogens is 358 g/mol. The summed E-state index contributed by atoms with van der Waals surface area (Å²) < 4.78 is 10.6. The molecule has 28 heavy (non-hydrogen) atoms. The predicted molar refractivity (Wildman–Crippen MR) is 107 cm³/mol. The minimum Gasteiger partial charge on any atom is -0.493 e. The molecule has 7 heteroatoms. The SMILES string of the molecule is CNC1CCN(C(=O)C2CC(=O)N(CCc3ccc(OC)c(OC)c3)C2)CC1. The summed E-state index contributed by atoms with van der Waals surface area (Å²) in [5.74, 6) is 1.38. The van der Waals surface area contributed by atoms with E-state index in [-0.39, 0.29) is 17.7 Å². The van der Waals surface area contributed by atoms with Gasteiger partial charge in [-0.3, -0.25) is 9.59 Å². The van der Waals surface area contributed by atoms with Crippen LogP contribution >= 0.6 is 0 Å². The molecule has 2 heterocycles. The van der Waals surface area contributed by atoms with Crippen LogP contribution in [0.2, 0.25) is 0 Å². The Balaban J connectivity index is 1.53. The molecule has 2 aliphatic rings. The Labute approximate surface area is 167 Å². The summed E-state index contributed by atoms with van der Waals surface area (Å²) in [6.07, 6.45) is 3.01. The van der Waals surface area contributed by atoms with Gasteiger partial charge in [-0.15, -0.1) is 0 Å². The molecule has 3 rings (SSSR count). The van der Waals surface area contributed by atoms with Gasteiger partial charge in [0.1, 0.15) is 0 Å². The quantitative estimate of drug-likeness (QED) is 0.761. The minimum atomic E-state index is -0.205. The highest BCUT2D eigenvalue weighted by Crippen LogP contribution is 2.28. The second kappa shape index (κ2) is 9.28. The highest BCUT2D eigenvalue weighted by atomic mass is 16.5. The van der Waals surface area contributed by atoms with Gasteiger partial charge in [-0.25, -0.2) is 0 Å². The zero-order chi connectivity index (χ0) is 20.1. The molecule has 2 fully saturated rings. The van der Waals surface area contributed by atoms with Crippen molar-refractivity contribution in [2.45, 2.75) is 31.7 Å². The Bertz CT molecular complexity index is 701. The Morgan fingerprint density at radius 2 is 1.89 bits per heavy atom. The van der Waals surface area contributed by atoms with E-state index in [2.05, 4.69) is 5.32 Å². The number of methoxy groups -OCH3 is 2. The van der Waals surface area contributed by atoms with E-state index in [4.69, 9.17) is 9.47 Å². The zero-order valence-corrected chi connectivity index (χ0v) is 17.1. The van der Waals surface area contributed by atoms with Crippen LogP contribution in [0, 0.1) is 5.92 Å². The number of rotatable bonds is 7. The molecule has 1 unspecified atom stereocenters. The van der Waals surface area contributed by atoms with Crippen molar-refractivity contribution in [3.63, 3.8) is 0 Å². The van der Waals surface area contributed by atoms with Gasteiger partial charge in [-0.2, -0.15) is 0 Å². The van der Waals surface area contributed by atoms with E-state index < -0.39 is 0 Å². The number of likely N-dealkylation sites (tertiary alicyclic amines) is 2. The Hall–Kier alpha value is -2.28. The molecule has 0 saturated carbocycles. The standard InChI is InChI=1S/C21H31N3O4/c1-22-17-7-10-23(11-8-17)21(26)16-13-20(25)24(14-16)9-6-15-4-5-18(27-2)19(12-15)28-3/h4-5,12,16-17,22H,6-11,13-14H2,1-3H3. The summed E-state index contributed by atoms with van der Waals surface area (Å²) >= 11 is 0. The van der Waals surface area contributed by atoms with Crippen LogP contribution in [-0.2, 0) is 16.0 Å². The summed E-state index contributed by atoms with van der Waals surface area (Å²) in [7, 11) is 5.19. The van der Waals surface area contributed by atoms with Crippen LogP contribution in [0.1, 0.15) is 24.8 Å². The van der Waals surface area contributed by atoms with Gasteiger partial charge in [0.2, 0.25) is 11.8 Å². The van der Waals surface area contributed by atoms with E-state index in [9.17, 15) is 9.59 Å². The molecule has 2 saturated heterocycles. The summed E-state index contributed by atoms with van der Waals surface area (Å²) in [5, 5.41) is 3.28. The summed E-state index contributed by atoms with van der Waals surface area (Å²) in [4.78, 5) is 29.0. The van der Waals surface area contributed by atoms with Crippen LogP contribution in [0.4, 0.5) is 0 Å². The Kier molecular flexibility index (Phi) is 6.78. The monoisotopic (exact) mass is 389 g/mol. The van der Waals surface area contributed by atoms with Crippen LogP contribution in [0.25, 0.3) is 0 Å². The number of carbonyl (C=O) groups excluding carboxylic acids is 2. The normalized spacial score (nSPS) is 20.5. The van der Waals surface area contributed by atoms with E-state index in [0.717, 1.165) is 37.9 Å². The first-order valence-electron chi connectivity index (χ1n) is 10.0. The average Bonchev–Trinajstić information content (AvgIpc) is 3.12. The van der Waals surface area contributed by atoms with Crippen LogP contribution in [0.3, 0.4) is 0 Å². The second-order valence-electron chi connectivity index (χ2n) is 7.57. The molecule has 0 spiro atoms. The molecule has 154 valence electrons. The Morgan fingerprint density at radius 1 is 1.18 bits per heavy atom. The number of amides is 2. The van der Waals surface area contributed by atoms with Crippen LogP contribution < -0.4 is 14.8 Å². The maximum Gasteiger partial charge on any atom is 0.227 e. The van der Waals surface area contributed by atoms with Gasteiger partial charge in [0, 0.05) is 38.6 Å². The van der Waals surface area contributed by atoms with Crippen molar-refractivity contribution in [2.75, 3.05) is 47.4 Å². The fourth-order valence-corrected chi connectivity index (χ4v) is 4.10. The molecule has 1 N–H and O–H groups in total. The van der Waals surface area contributed by atoms with Gasteiger partial charge in [0.15, 0.2) is 11.5 Å². The zero-order valence-electron chi connectivity index (χ0n) is 17.1. The first kappa shape index (κ1) is 20.5. The number of piperidine rings is 1. The van der Waals surface area contributed by atoms with Crippen molar-refractivity contribution in [3.8, 4) is 11.5 Å². The van der Waals surface area contributed by atoms with Gasteiger partial charge in [-0.1, -0.05) is 6.07 Å². The summed E-state index contributed by atoms with van der Waals surface area (Å²) in [6.45, 7) is 2.69. The van der Waals surface area contributed by atoms with Crippen molar-refractivity contribution < 1.29 is 19.1 Å². The average molecular weight is 389 g/mol. The topological polar surface area (TPSA) is 71.1 Å². The van der Waals surface area contributed by atoms with Crippen LogP contribution in [0.5, 0.6) is 11.5 Å². The number of hydrogen-bond donors (Lipinski definition) is 1. The lowest BCUT2D eigenvalue weighted by Gasteiger charge is -2.33. The van der Waals surface area contributed by atoms with Crippen molar-refractivity contribution in [2.24, 2.45) is 5.92 Å². The van der Waals surface area contributed by atoms with Crippen LogP contribution in [-0.4, -0.2) is 75.1 Å². The van der Waals surface area contributed by atoms with E-state index in [1.54, 1.807) is 14.2 Å². The van der Waals surface area contributed by atoms with Gasteiger partial charge in [-0.05, 0) is 44.0 Å². The Morgan fingerprint density at radius 3 is 2.54 bits per heavy atom. The third-order valence-electron chi connectivity index (χ3n) is 5.90. The highest BCUT2D eigenvalue weighted by molar-refractivity contribution is 5.89. The molecule has 2 aliphatic heterocycles. The predicted octanol–water partition coefficient (Wildman–Crippen LogP) is 1.31. The molecule has 1 aromatic rings. The van der Waals surface area contributed by atoms with Gasteiger partial charge < -0.3 is 24.6 Å². The number of carbonyl (C=O) groups is 2.